The van der Waals surface area contributed by atoms with Crippen molar-refractivity contribution in [2.45, 2.75) is 70.4 Å². The minimum absolute atomic E-state index is 0.00872. The van der Waals surface area contributed by atoms with Gasteiger partial charge in [-0.3, -0.25) is 14.9 Å². The maximum atomic E-state index is 13.5. The zero-order chi connectivity index (χ0) is 28.0. The van der Waals surface area contributed by atoms with Gasteiger partial charge in [0.1, 0.15) is 5.84 Å². The third-order valence-electron chi connectivity index (χ3n) is 8.10. The van der Waals surface area contributed by atoms with Crippen molar-refractivity contribution in [1.82, 2.24) is 19.8 Å². The summed E-state index contributed by atoms with van der Waals surface area (Å²) in [6, 6.07) is 1.84. The number of halogens is 3. The van der Waals surface area contributed by atoms with Gasteiger partial charge in [0.25, 0.3) is 5.91 Å². The largest absolute Gasteiger partial charge is 0.394 e. The number of fused-ring (bicyclic) bond motifs is 9. The average Bonchev–Trinajstić information content (AvgIpc) is 3.28. The quantitative estimate of drug-likeness (QED) is 0.174. The molecule has 2 fully saturated rings. The molecule has 5 rings (SSSR count). The molecule has 1 aromatic heterocycles. The van der Waals surface area contributed by atoms with Crippen LogP contribution in [0.25, 0.3) is 5.70 Å². The fourth-order valence-electron chi connectivity index (χ4n) is 5.52. The predicted molar refractivity (Wildman–Crippen MR) is 148 cm³/mol. The first-order chi connectivity index (χ1) is 18.6. The number of hydrogen-bond donors (Lipinski definition) is 5. The summed E-state index contributed by atoms with van der Waals surface area (Å²) in [5, 5.41) is 23.3. The first-order valence-electron chi connectivity index (χ1n) is 13.4. The van der Waals surface area contributed by atoms with Crippen LogP contribution in [0.3, 0.4) is 0 Å². The minimum atomic E-state index is -4.15. The molecule has 0 atom stereocenters. The second-order valence-electron chi connectivity index (χ2n) is 10.7. The van der Waals surface area contributed by atoms with E-state index >= 15 is 0 Å². The molecule has 6 N–H and O–H groups in total. The Labute approximate surface area is 230 Å². The van der Waals surface area contributed by atoms with Crippen LogP contribution in [0.5, 0.6) is 0 Å². The molecule has 1 amide bonds. The number of carbonyl (C=O) groups excluding carboxylic acids is 1. The van der Waals surface area contributed by atoms with Gasteiger partial charge < -0.3 is 16.5 Å². The second-order valence-corrected chi connectivity index (χ2v) is 11.6. The lowest BCUT2D eigenvalue weighted by Gasteiger charge is -2.43. The van der Waals surface area contributed by atoms with Crippen LogP contribution in [0, 0.1) is 28.1 Å². The molecule has 1 aromatic rings. The monoisotopic (exact) mass is 563 g/mol. The van der Waals surface area contributed by atoms with Crippen LogP contribution < -0.4 is 15.8 Å². The van der Waals surface area contributed by atoms with Gasteiger partial charge in [-0.2, -0.15) is 18.3 Å². The smallest absolute Gasteiger partial charge is 0.390 e. The Hall–Kier alpha value is -3.02. The van der Waals surface area contributed by atoms with Gasteiger partial charge in [0, 0.05) is 36.8 Å². The normalized spacial score (nSPS) is 28.1. The topological polar surface area (TPSA) is 133 Å². The number of rotatable bonds is 7. The van der Waals surface area contributed by atoms with Gasteiger partial charge >= 0.3 is 6.18 Å². The number of nitrogens with one attached hydrogen (secondary N) is 4. The van der Waals surface area contributed by atoms with E-state index in [1.807, 2.05) is 12.3 Å². The van der Waals surface area contributed by atoms with Gasteiger partial charge in [0.05, 0.1) is 21.6 Å². The van der Waals surface area contributed by atoms with Crippen LogP contribution in [0.4, 0.5) is 13.2 Å². The highest BCUT2D eigenvalue weighted by atomic mass is 32.2. The summed E-state index contributed by atoms with van der Waals surface area (Å²) >= 11 is 0.967. The molecule has 0 radical (unpaired) electrons. The molecule has 12 heteroatoms. The Kier molecular flexibility index (Phi) is 9.24. The van der Waals surface area contributed by atoms with E-state index in [4.69, 9.17) is 16.6 Å². The zero-order valence-electron chi connectivity index (χ0n) is 21.8. The lowest BCUT2D eigenvalue weighted by molar-refractivity contribution is -0.253. The Morgan fingerprint density at radius 1 is 1.28 bits per heavy atom. The van der Waals surface area contributed by atoms with Crippen molar-refractivity contribution in [2.75, 3.05) is 6.54 Å². The molecule has 3 heterocycles. The Morgan fingerprint density at radius 2 is 2.05 bits per heavy atom. The third-order valence-corrected chi connectivity index (χ3v) is 8.86. The van der Waals surface area contributed by atoms with E-state index in [2.05, 4.69) is 15.1 Å². The van der Waals surface area contributed by atoms with E-state index in [0.717, 1.165) is 61.8 Å². The first-order valence-corrected chi connectivity index (χ1v) is 14.2. The van der Waals surface area contributed by atoms with E-state index in [1.165, 1.54) is 6.08 Å². The van der Waals surface area contributed by atoms with Gasteiger partial charge in [0.15, 0.2) is 0 Å². The predicted octanol–water partition coefficient (Wildman–Crippen LogP) is 5.31. The summed E-state index contributed by atoms with van der Waals surface area (Å²) < 4.78 is 44.9. The van der Waals surface area contributed by atoms with Gasteiger partial charge in [-0.1, -0.05) is 6.42 Å². The van der Waals surface area contributed by atoms with E-state index < -0.39 is 17.5 Å². The molecular weight excluding hydrogens is 527 g/mol. The molecule has 212 valence electrons. The first kappa shape index (κ1) is 29.0. The van der Waals surface area contributed by atoms with E-state index in [0.29, 0.717) is 30.1 Å². The van der Waals surface area contributed by atoms with Crippen LogP contribution in [-0.2, 0) is 11.2 Å². The fraction of sp³-hybridized carbons (Fsp3) is 0.556. The number of carbonyl (C=O) groups is 1. The summed E-state index contributed by atoms with van der Waals surface area (Å²) in [6.07, 6.45) is 9.82. The molecule has 2 aliphatic carbocycles. The van der Waals surface area contributed by atoms with Crippen LogP contribution in [0.2, 0.25) is 0 Å². The van der Waals surface area contributed by atoms with Crippen LogP contribution in [-0.4, -0.2) is 40.5 Å². The lowest BCUT2D eigenvalue weighted by Crippen LogP contribution is -2.43. The lowest BCUT2D eigenvalue weighted by atomic mass is 9.65. The van der Waals surface area contributed by atoms with Crippen molar-refractivity contribution in [2.24, 2.45) is 23.0 Å². The van der Waals surface area contributed by atoms with Crippen molar-refractivity contribution >= 4 is 35.6 Å². The maximum Gasteiger partial charge on any atom is 0.394 e. The van der Waals surface area contributed by atoms with Crippen molar-refractivity contribution in [1.29, 1.82) is 10.8 Å². The molecule has 0 spiro atoms. The van der Waals surface area contributed by atoms with Crippen molar-refractivity contribution in [3.05, 3.63) is 46.8 Å². The Morgan fingerprint density at radius 3 is 2.69 bits per heavy atom. The SMILES string of the molecule is N=C/C1=C\NCCCC2CC(C2)/C(n2ccc(CCCC3(C(F)(F)F)CCC3)n2)=C\C=C(/C(=N)N)C(=O)NS1. The molecular formula is C27H36F3N7OS. The van der Waals surface area contributed by atoms with Crippen molar-refractivity contribution in [3.63, 3.8) is 0 Å². The highest BCUT2D eigenvalue weighted by Crippen LogP contribution is 2.56. The van der Waals surface area contributed by atoms with Crippen LogP contribution >= 0.6 is 11.9 Å². The number of amidine groups is 1. The van der Waals surface area contributed by atoms with Crippen molar-refractivity contribution in [3.8, 4) is 0 Å². The number of alkyl halides is 3. The molecule has 0 saturated heterocycles. The molecule has 8 nitrogen and oxygen atoms in total. The number of allylic oxidation sites excluding steroid dienone is 4. The second kappa shape index (κ2) is 12.4. The third kappa shape index (κ3) is 6.95. The number of nitrogens with two attached hydrogens (primary N) is 1. The van der Waals surface area contributed by atoms with Gasteiger partial charge in [-0.25, -0.2) is 4.68 Å². The summed E-state index contributed by atoms with van der Waals surface area (Å²) in [5.74, 6) is -0.168. The number of amides is 1. The van der Waals surface area contributed by atoms with Gasteiger partial charge in [0.2, 0.25) is 0 Å². The molecule has 2 aliphatic heterocycles. The minimum Gasteiger partial charge on any atom is -0.390 e. The van der Waals surface area contributed by atoms with Crippen LogP contribution in [0.15, 0.2) is 41.1 Å². The summed E-state index contributed by atoms with van der Waals surface area (Å²) in [6.45, 7) is 0.756. The average molecular weight is 564 g/mol. The van der Waals surface area contributed by atoms with E-state index in [1.54, 1.807) is 17.0 Å². The Balaban J connectivity index is 1.52. The highest BCUT2D eigenvalue weighted by molar-refractivity contribution is 8.02. The highest BCUT2D eigenvalue weighted by Gasteiger charge is 2.57. The van der Waals surface area contributed by atoms with Crippen molar-refractivity contribution < 1.29 is 18.0 Å². The van der Waals surface area contributed by atoms with Gasteiger partial charge in [-0.05, 0) is 93.9 Å². The standard InChI is InChI=1S/C27H36F3N7OS/c28-27(29,30)26(10-3-11-26)9-1-5-20-8-13-37(35-20)23-7-6-22(24(32)33)25(38)36-39-21(16-31)17-34-12-2-4-18-14-19(23)15-18/h6-8,13,16-19,31,34H,1-5,9-12,14-15H2,(H3,32,33)(H,36,38)/b21-17+,22-6+,23-7+,31-16?. The molecule has 0 unspecified atom stereocenters. The Bertz CT molecular complexity index is 1160. The fourth-order valence-corrected chi connectivity index (χ4v) is 6.04. The van der Waals surface area contributed by atoms with E-state index in [9.17, 15) is 18.0 Å². The number of hydrogen-bond acceptors (Lipinski definition) is 6. The molecule has 0 aromatic carbocycles. The van der Waals surface area contributed by atoms with Crippen LogP contribution in [0.1, 0.15) is 63.5 Å². The summed E-state index contributed by atoms with van der Waals surface area (Å²) in [7, 11) is 0. The summed E-state index contributed by atoms with van der Waals surface area (Å²) in [5.41, 5.74) is 5.78. The molecule has 2 saturated carbocycles. The van der Waals surface area contributed by atoms with E-state index in [-0.39, 0.29) is 36.6 Å². The zero-order valence-corrected chi connectivity index (χ0v) is 22.6. The maximum absolute atomic E-state index is 13.5. The molecule has 4 aliphatic rings. The molecule has 2 bridgehead atoms. The summed E-state index contributed by atoms with van der Waals surface area (Å²) in [4.78, 5) is 13.3. The van der Waals surface area contributed by atoms with Gasteiger partial charge in [-0.15, -0.1) is 0 Å². The number of aryl methyl sites for hydroxylation is 1. The molecule has 39 heavy (non-hydrogen) atoms. The number of nitrogens with zero attached hydrogens (tertiary/aromatic N) is 2. The number of aromatic nitrogens is 2.